The Balaban J connectivity index is 2.86. The second-order valence-electron chi connectivity index (χ2n) is 4.38. The molecule has 0 radical (unpaired) electrons. The van der Waals surface area contributed by atoms with Crippen molar-refractivity contribution >= 4 is 17.6 Å². The molecule has 0 saturated heterocycles. The van der Waals surface area contributed by atoms with E-state index in [2.05, 4.69) is 10.4 Å². The summed E-state index contributed by atoms with van der Waals surface area (Å²) in [6.45, 7) is 7.72. The number of nitrogens with zero attached hydrogens (tertiary/aromatic N) is 2. The molecule has 1 atom stereocenters. The number of aliphatic carboxylic acids is 1. The molecule has 1 unspecified atom stereocenters. The Kier molecular flexibility index (Phi) is 4.54. The van der Waals surface area contributed by atoms with Gasteiger partial charge in [0.15, 0.2) is 0 Å². The number of rotatable bonds is 5. The Morgan fingerprint density at radius 3 is 2.47 bits per heavy atom. The Hall–Kier alpha value is -1.07. The van der Waals surface area contributed by atoms with Gasteiger partial charge in [-0.1, -0.05) is 25.4 Å². The van der Waals surface area contributed by atoms with E-state index in [9.17, 15) is 4.79 Å². The monoisotopic (exact) mass is 259 g/mol. The van der Waals surface area contributed by atoms with E-state index in [-0.39, 0.29) is 12.6 Å². The number of carbonyl (C=O) groups is 1. The number of aryl methyl sites for hydroxylation is 1. The predicted octanol–water partition coefficient (Wildman–Crippen LogP) is 1.60. The minimum atomic E-state index is -0.887. The lowest BCUT2D eigenvalue weighted by molar-refractivity contribution is -0.140. The van der Waals surface area contributed by atoms with E-state index in [4.69, 9.17) is 16.7 Å². The van der Waals surface area contributed by atoms with Gasteiger partial charge in [-0.05, 0) is 13.8 Å². The maximum absolute atomic E-state index is 11.1. The topological polar surface area (TPSA) is 67.2 Å². The van der Waals surface area contributed by atoms with Gasteiger partial charge < -0.3 is 10.4 Å². The zero-order valence-corrected chi connectivity index (χ0v) is 11.2. The van der Waals surface area contributed by atoms with Crippen LogP contribution in [0.2, 0.25) is 5.02 Å². The van der Waals surface area contributed by atoms with Crippen LogP contribution in [-0.2, 0) is 11.3 Å². The summed E-state index contributed by atoms with van der Waals surface area (Å²) in [5, 5.41) is 16.9. The molecule has 0 spiro atoms. The molecule has 1 aromatic heterocycles. The Morgan fingerprint density at radius 1 is 1.53 bits per heavy atom. The third kappa shape index (κ3) is 3.44. The minimum Gasteiger partial charge on any atom is -0.480 e. The van der Waals surface area contributed by atoms with Crippen molar-refractivity contribution in [2.45, 2.75) is 46.3 Å². The van der Waals surface area contributed by atoms with Gasteiger partial charge in [-0.15, -0.1) is 0 Å². The summed E-state index contributed by atoms with van der Waals surface area (Å²) >= 11 is 6.02. The van der Waals surface area contributed by atoms with E-state index in [0.29, 0.717) is 5.02 Å². The quantitative estimate of drug-likeness (QED) is 0.843. The minimum absolute atomic E-state index is 0.100. The molecule has 96 valence electrons. The van der Waals surface area contributed by atoms with Crippen molar-refractivity contribution in [2.75, 3.05) is 0 Å². The van der Waals surface area contributed by atoms with Crippen LogP contribution in [0.5, 0.6) is 0 Å². The highest BCUT2D eigenvalue weighted by molar-refractivity contribution is 6.31. The van der Waals surface area contributed by atoms with Crippen molar-refractivity contribution in [3.05, 3.63) is 16.4 Å². The van der Waals surface area contributed by atoms with Gasteiger partial charge in [0.2, 0.25) is 0 Å². The third-order valence-electron chi connectivity index (χ3n) is 2.48. The lowest BCUT2D eigenvalue weighted by atomic mass is 10.2. The summed E-state index contributed by atoms with van der Waals surface area (Å²) < 4.78 is 1.63. The number of halogens is 1. The summed E-state index contributed by atoms with van der Waals surface area (Å²) in [5.74, 6) is -0.887. The molecule has 0 aliphatic rings. The first-order valence-corrected chi connectivity index (χ1v) is 5.89. The van der Waals surface area contributed by atoms with E-state index >= 15 is 0 Å². The van der Waals surface area contributed by atoms with Gasteiger partial charge >= 0.3 is 5.97 Å². The van der Waals surface area contributed by atoms with Crippen LogP contribution >= 0.6 is 11.6 Å². The number of carboxylic acids is 1. The molecule has 2 N–H and O–H groups in total. The molecule has 0 fully saturated rings. The summed E-state index contributed by atoms with van der Waals surface area (Å²) in [7, 11) is 0. The molecule has 1 heterocycles. The zero-order valence-electron chi connectivity index (χ0n) is 10.5. The van der Waals surface area contributed by atoms with Crippen LogP contribution in [0.15, 0.2) is 0 Å². The Bertz CT molecular complexity index is 415. The molecule has 6 heteroatoms. The lowest BCUT2D eigenvalue weighted by Crippen LogP contribution is -2.44. The predicted molar refractivity (Wildman–Crippen MR) is 66.4 cm³/mol. The highest BCUT2D eigenvalue weighted by Crippen LogP contribution is 2.19. The number of carboxylic acid groups (broad SMARTS) is 1. The molecule has 0 aromatic carbocycles. The molecule has 1 rings (SSSR count). The summed E-state index contributed by atoms with van der Waals surface area (Å²) in [6.07, 6.45) is 0. The average molecular weight is 260 g/mol. The summed E-state index contributed by atoms with van der Waals surface area (Å²) in [6, 6.07) is -0.562. The molecule has 17 heavy (non-hydrogen) atoms. The smallest absolute Gasteiger partial charge is 0.322 e. The zero-order chi connectivity index (χ0) is 13.2. The largest absolute Gasteiger partial charge is 0.480 e. The lowest BCUT2D eigenvalue weighted by Gasteiger charge is -2.17. The first-order valence-electron chi connectivity index (χ1n) is 5.51. The Labute approximate surface area is 106 Å². The van der Waals surface area contributed by atoms with Crippen LogP contribution in [-0.4, -0.2) is 32.9 Å². The number of hydrogen-bond donors (Lipinski definition) is 2. The van der Waals surface area contributed by atoms with Crippen LogP contribution in [0.4, 0.5) is 0 Å². The van der Waals surface area contributed by atoms with Crippen molar-refractivity contribution in [1.82, 2.24) is 15.1 Å². The molecule has 0 bridgehead atoms. The molecule has 0 aliphatic carbocycles. The van der Waals surface area contributed by atoms with Gasteiger partial charge in [0.25, 0.3) is 0 Å². The first-order chi connectivity index (χ1) is 7.82. The average Bonchev–Trinajstić information content (AvgIpc) is 2.44. The standard InChI is InChI=1S/C11H18ClN3O2/c1-6(2)13-9(11(16)17)5-15-8(4)10(12)7(3)14-15/h6,9,13H,5H2,1-4H3,(H,16,17). The van der Waals surface area contributed by atoms with Crippen molar-refractivity contribution in [1.29, 1.82) is 0 Å². The molecule has 0 amide bonds. The Morgan fingerprint density at radius 2 is 2.12 bits per heavy atom. The molecule has 1 aromatic rings. The van der Waals surface area contributed by atoms with Crippen molar-refractivity contribution in [3.8, 4) is 0 Å². The fourth-order valence-corrected chi connectivity index (χ4v) is 1.77. The van der Waals surface area contributed by atoms with Crippen LogP contribution < -0.4 is 5.32 Å². The summed E-state index contributed by atoms with van der Waals surface area (Å²) in [5.41, 5.74) is 1.51. The van der Waals surface area contributed by atoms with Gasteiger partial charge in [0.1, 0.15) is 6.04 Å². The van der Waals surface area contributed by atoms with Crippen LogP contribution in [0.3, 0.4) is 0 Å². The second kappa shape index (κ2) is 5.51. The van der Waals surface area contributed by atoms with E-state index in [1.807, 2.05) is 20.8 Å². The van der Waals surface area contributed by atoms with Crippen molar-refractivity contribution in [3.63, 3.8) is 0 Å². The normalized spacial score (nSPS) is 13.1. The van der Waals surface area contributed by atoms with Crippen molar-refractivity contribution < 1.29 is 9.90 Å². The maximum atomic E-state index is 11.1. The number of nitrogens with one attached hydrogen (secondary N) is 1. The van der Waals surface area contributed by atoms with Crippen LogP contribution in [0.25, 0.3) is 0 Å². The second-order valence-corrected chi connectivity index (χ2v) is 4.76. The molecule has 0 aliphatic heterocycles. The van der Waals surface area contributed by atoms with Gasteiger partial charge in [0.05, 0.1) is 23.0 Å². The highest BCUT2D eigenvalue weighted by atomic mass is 35.5. The van der Waals surface area contributed by atoms with E-state index < -0.39 is 12.0 Å². The van der Waals surface area contributed by atoms with E-state index in [1.165, 1.54) is 0 Å². The fourth-order valence-electron chi connectivity index (χ4n) is 1.63. The van der Waals surface area contributed by atoms with Gasteiger partial charge in [0, 0.05) is 6.04 Å². The van der Waals surface area contributed by atoms with Crippen LogP contribution in [0.1, 0.15) is 25.2 Å². The van der Waals surface area contributed by atoms with Gasteiger partial charge in [-0.2, -0.15) is 5.10 Å². The van der Waals surface area contributed by atoms with E-state index in [0.717, 1.165) is 11.4 Å². The first kappa shape index (κ1) is 14.0. The highest BCUT2D eigenvalue weighted by Gasteiger charge is 2.21. The van der Waals surface area contributed by atoms with Crippen molar-refractivity contribution in [2.24, 2.45) is 0 Å². The van der Waals surface area contributed by atoms with Crippen LogP contribution in [0, 0.1) is 13.8 Å². The molecule has 0 saturated carbocycles. The molecular weight excluding hydrogens is 242 g/mol. The molecule has 5 nitrogen and oxygen atoms in total. The third-order valence-corrected chi connectivity index (χ3v) is 3.03. The SMILES string of the molecule is Cc1nn(CC(NC(C)C)C(=O)O)c(C)c1Cl. The van der Waals surface area contributed by atoms with Gasteiger partial charge in [-0.25, -0.2) is 0 Å². The fraction of sp³-hybridized carbons (Fsp3) is 0.636. The van der Waals surface area contributed by atoms with Gasteiger partial charge in [-0.3, -0.25) is 9.48 Å². The maximum Gasteiger partial charge on any atom is 0.322 e. The number of aromatic nitrogens is 2. The van der Waals surface area contributed by atoms with E-state index in [1.54, 1.807) is 11.6 Å². The molecular formula is C11H18ClN3O2. The number of hydrogen-bond acceptors (Lipinski definition) is 3. The summed E-state index contributed by atoms with van der Waals surface area (Å²) in [4.78, 5) is 11.1.